The van der Waals surface area contributed by atoms with Crippen LogP contribution in [0.25, 0.3) is 0 Å². The first kappa shape index (κ1) is 11.7. The highest BCUT2D eigenvalue weighted by Crippen LogP contribution is 2.09. The fraction of sp³-hybridized carbons (Fsp3) is 0.182. The van der Waals surface area contributed by atoms with Crippen LogP contribution in [0, 0.1) is 16.7 Å². The van der Waals surface area contributed by atoms with Gasteiger partial charge < -0.3 is 10.1 Å². The van der Waals surface area contributed by atoms with E-state index in [1.807, 2.05) is 18.2 Å². The molecule has 0 atom stereocenters. The van der Waals surface area contributed by atoms with Crippen molar-refractivity contribution >= 4 is 11.9 Å². The average Bonchev–Trinajstić information content (AvgIpc) is 2.55. The summed E-state index contributed by atoms with van der Waals surface area (Å²) in [5.41, 5.74) is 3.60. The highest BCUT2D eigenvalue weighted by atomic mass is 16.5. The Balaban J connectivity index is 2.70. The minimum Gasteiger partial charge on any atom is -0.497 e. The molecule has 1 rings (SSSR count). The van der Waals surface area contributed by atoms with Crippen LogP contribution in [0.2, 0.25) is 0 Å². The minimum atomic E-state index is 0.0325. The van der Waals surface area contributed by atoms with E-state index in [1.165, 1.54) is 0 Å². The monoisotopic (exact) mass is 216 g/mol. The van der Waals surface area contributed by atoms with Crippen LogP contribution in [0.3, 0.4) is 0 Å². The van der Waals surface area contributed by atoms with Crippen LogP contribution in [-0.2, 0) is 4.74 Å². The largest absolute Gasteiger partial charge is 0.497 e. The number of nitriles is 1. The Kier molecular flexibility index (Phi) is 4.54. The molecule has 0 aromatic heterocycles. The van der Waals surface area contributed by atoms with Gasteiger partial charge in [-0.15, -0.1) is 0 Å². The second-order valence-corrected chi connectivity index (χ2v) is 2.94. The zero-order valence-electron chi connectivity index (χ0n) is 8.90. The number of hydrazone groups is 1. The summed E-state index contributed by atoms with van der Waals surface area (Å²) < 4.78 is 5.06. The summed E-state index contributed by atoms with van der Waals surface area (Å²) in [5.74, 6) is 0.758. The number of hydrogen-bond donors (Lipinski definition) is 2. The standard InChI is InChI=1S/C11H12N4O/c1-16-11-4-2-3-9(5-6-11)14-15-10(7-12)8-13/h2,4-7,12,14H,3H2,1H3/b12-7?,15-10+. The first-order chi connectivity index (χ1) is 7.80. The van der Waals surface area contributed by atoms with E-state index in [0.717, 1.165) is 17.7 Å². The van der Waals surface area contributed by atoms with E-state index in [-0.39, 0.29) is 5.71 Å². The molecule has 0 saturated carbocycles. The lowest BCUT2D eigenvalue weighted by atomic mass is 10.3. The fourth-order valence-corrected chi connectivity index (χ4v) is 1.05. The molecule has 1 aliphatic rings. The molecule has 0 spiro atoms. The summed E-state index contributed by atoms with van der Waals surface area (Å²) >= 11 is 0. The molecule has 5 heteroatoms. The second-order valence-electron chi connectivity index (χ2n) is 2.94. The van der Waals surface area contributed by atoms with Crippen LogP contribution in [0.4, 0.5) is 0 Å². The Morgan fingerprint density at radius 3 is 3.12 bits per heavy atom. The SMILES string of the molecule is COC1=CC=C(N/N=C(/C#N)C=N)CC=C1. The molecule has 0 aromatic carbocycles. The third kappa shape index (κ3) is 3.42. The molecule has 0 radical (unpaired) electrons. The van der Waals surface area contributed by atoms with Gasteiger partial charge in [0.05, 0.1) is 13.3 Å². The number of ether oxygens (including phenoxy) is 1. The van der Waals surface area contributed by atoms with Crippen molar-refractivity contribution in [2.24, 2.45) is 5.10 Å². The summed E-state index contributed by atoms with van der Waals surface area (Å²) in [7, 11) is 1.60. The van der Waals surface area contributed by atoms with Gasteiger partial charge in [-0.1, -0.05) is 6.08 Å². The summed E-state index contributed by atoms with van der Waals surface area (Å²) in [6, 6.07) is 1.79. The molecule has 1 aliphatic carbocycles. The van der Waals surface area contributed by atoms with E-state index in [2.05, 4.69) is 10.5 Å². The van der Waals surface area contributed by atoms with Gasteiger partial charge in [-0.3, -0.25) is 5.43 Å². The molecule has 82 valence electrons. The third-order valence-electron chi connectivity index (χ3n) is 1.88. The molecule has 0 amide bonds. The lowest BCUT2D eigenvalue weighted by Crippen LogP contribution is -2.09. The van der Waals surface area contributed by atoms with Crippen LogP contribution < -0.4 is 5.43 Å². The molecule has 16 heavy (non-hydrogen) atoms. The first-order valence-electron chi connectivity index (χ1n) is 4.66. The predicted molar refractivity (Wildman–Crippen MR) is 61.9 cm³/mol. The third-order valence-corrected chi connectivity index (χ3v) is 1.88. The molecule has 0 saturated heterocycles. The molecule has 0 heterocycles. The van der Waals surface area contributed by atoms with E-state index in [4.69, 9.17) is 15.4 Å². The number of nitrogens with one attached hydrogen (secondary N) is 2. The maximum atomic E-state index is 8.55. The van der Waals surface area contributed by atoms with Crippen molar-refractivity contribution in [2.75, 3.05) is 7.11 Å². The molecule has 5 nitrogen and oxygen atoms in total. The van der Waals surface area contributed by atoms with Gasteiger partial charge in [-0.25, -0.2) is 0 Å². The summed E-state index contributed by atoms with van der Waals surface area (Å²) in [6.07, 6.45) is 8.98. The van der Waals surface area contributed by atoms with Gasteiger partial charge in [0, 0.05) is 12.1 Å². The van der Waals surface area contributed by atoms with E-state index in [9.17, 15) is 0 Å². The fourth-order valence-electron chi connectivity index (χ4n) is 1.05. The maximum absolute atomic E-state index is 8.55. The number of nitrogens with zero attached hydrogens (tertiary/aromatic N) is 2. The zero-order chi connectivity index (χ0) is 11.8. The van der Waals surface area contributed by atoms with Crippen molar-refractivity contribution in [3.63, 3.8) is 0 Å². The molecule has 2 N–H and O–H groups in total. The Bertz CT molecular complexity index is 424. The van der Waals surface area contributed by atoms with E-state index in [0.29, 0.717) is 6.42 Å². The number of hydrogen-bond acceptors (Lipinski definition) is 5. The highest BCUT2D eigenvalue weighted by molar-refractivity contribution is 6.36. The highest BCUT2D eigenvalue weighted by Gasteiger charge is 1.98. The Morgan fingerprint density at radius 2 is 2.50 bits per heavy atom. The number of allylic oxidation sites excluding steroid dienone is 4. The van der Waals surface area contributed by atoms with Gasteiger partial charge in [0.2, 0.25) is 0 Å². The normalized spacial score (nSPS) is 15.4. The van der Waals surface area contributed by atoms with Crippen LogP contribution in [-0.4, -0.2) is 19.0 Å². The average molecular weight is 216 g/mol. The molecular formula is C11H12N4O. The van der Waals surface area contributed by atoms with Crippen LogP contribution >= 0.6 is 0 Å². The minimum absolute atomic E-state index is 0.0325. The van der Waals surface area contributed by atoms with Crippen molar-refractivity contribution in [3.8, 4) is 6.07 Å². The predicted octanol–water partition coefficient (Wildman–Crippen LogP) is 1.48. The van der Waals surface area contributed by atoms with Gasteiger partial charge in [0.15, 0.2) is 5.71 Å². The molecule has 0 fully saturated rings. The van der Waals surface area contributed by atoms with Gasteiger partial charge in [-0.2, -0.15) is 10.4 Å². The quantitative estimate of drug-likeness (QED) is 0.551. The van der Waals surface area contributed by atoms with E-state index >= 15 is 0 Å². The summed E-state index contributed by atoms with van der Waals surface area (Å²) in [6.45, 7) is 0. The second kappa shape index (κ2) is 6.19. The van der Waals surface area contributed by atoms with E-state index in [1.54, 1.807) is 19.3 Å². The van der Waals surface area contributed by atoms with Gasteiger partial charge >= 0.3 is 0 Å². The molecule has 0 unspecified atom stereocenters. The summed E-state index contributed by atoms with van der Waals surface area (Å²) in [5, 5.41) is 19.2. The number of methoxy groups -OCH3 is 1. The smallest absolute Gasteiger partial charge is 0.178 e. The Morgan fingerprint density at radius 1 is 1.69 bits per heavy atom. The van der Waals surface area contributed by atoms with Crippen LogP contribution in [0.5, 0.6) is 0 Å². The van der Waals surface area contributed by atoms with E-state index < -0.39 is 0 Å². The lowest BCUT2D eigenvalue weighted by molar-refractivity contribution is 0.307. The Labute approximate surface area is 93.9 Å². The van der Waals surface area contributed by atoms with Crippen molar-refractivity contribution in [2.45, 2.75) is 6.42 Å². The van der Waals surface area contributed by atoms with Crippen molar-refractivity contribution in [3.05, 3.63) is 35.8 Å². The van der Waals surface area contributed by atoms with Gasteiger partial charge in [0.25, 0.3) is 0 Å². The summed E-state index contributed by atoms with van der Waals surface area (Å²) in [4.78, 5) is 0. The van der Waals surface area contributed by atoms with Crippen molar-refractivity contribution in [1.29, 1.82) is 10.7 Å². The first-order valence-corrected chi connectivity index (χ1v) is 4.66. The topological polar surface area (TPSA) is 81.3 Å². The van der Waals surface area contributed by atoms with Crippen molar-refractivity contribution < 1.29 is 4.74 Å². The van der Waals surface area contributed by atoms with Crippen molar-refractivity contribution in [1.82, 2.24) is 5.43 Å². The van der Waals surface area contributed by atoms with Crippen LogP contribution in [0.1, 0.15) is 6.42 Å². The maximum Gasteiger partial charge on any atom is 0.178 e. The van der Waals surface area contributed by atoms with Crippen LogP contribution in [0.15, 0.2) is 40.9 Å². The molecule has 0 aromatic rings. The van der Waals surface area contributed by atoms with Gasteiger partial charge in [-0.05, 0) is 18.2 Å². The molecular weight excluding hydrogens is 204 g/mol. The Hall–Kier alpha value is -2.35. The van der Waals surface area contributed by atoms with Gasteiger partial charge in [0.1, 0.15) is 11.8 Å². The lowest BCUT2D eigenvalue weighted by Gasteiger charge is -2.00. The zero-order valence-corrected chi connectivity index (χ0v) is 8.90. The number of rotatable bonds is 4. The molecule has 0 bridgehead atoms. The molecule has 0 aliphatic heterocycles.